The summed E-state index contributed by atoms with van der Waals surface area (Å²) in [6, 6.07) is 4.53. The maximum atomic E-state index is 10.8. The second-order valence-electron chi connectivity index (χ2n) is 5.17. The SMILES string of the molecule is CCCCC(CC)COCc1cc([N+](=O)[O-])ccc1NN. The minimum absolute atomic E-state index is 0.0469. The van der Waals surface area contributed by atoms with E-state index in [0.29, 0.717) is 30.4 Å². The van der Waals surface area contributed by atoms with Crippen molar-refractivity contribution in [3.8, 4) is 0 Å². The van der Waals surface area contributed by atoms with Crippen LogP contribution in [-0.2, 0) is 11.3 Å². The van der Waals surface area contributed by atoms with Crippen molar-refractivity contribution in [2.75, 3.05) is 12.0 Å². The van der Waals surface area contributed by atoms with Crippen LogP contribution in [0.1, 0.15) is 45.1 Å². The molecule has 0 spiro atoms. The first-order valence-corrected chi connectivity index (χ1v) is 7.44. The fourth-order valence-corrected chi connectivity index (χ4v) is 2.19. The number of hydrazine groups is 1. The number of ether oxygens (including phenoxy) is 1. The van der Waals surface area contributed by atoms with Crippen LogP contribution in [0.15, 0.2) is 18.2 Å². The van der Waals surface area contributed by atoms with Crippen LogP contribution in [-0.4, -0.2) is 11.5 Å². The van der Waals surface area contributed by atoms with Crippen LogP contribution in [0.3, 0.4) is 0 Å². The zero-order valence-electron chi connectivity index (χ0n) is 12.8. The molecule has 0 heterocycles. The molecule has 21 heavy (non-hydrogen) atoms. The average Bonchev–Trinajstić information content (AvgIpc) is 2.50. The molecule has 0 aliphatic rings. The van der Waals surface area contributed by atoms with Crippen molar-refractivity contribution in [3.05, 3.63) is 33.9 Å². The number of unbranched alkanes of at least 4 members (excludes halogenated alkanes) is 1. The van der Waals surface area contributed by atoms with Crippen molar-refractivity contribution >= 4 is 11.4 Å². The molecular weight excluding hydrogens is 270 g/mol. The van der Waals surface area contributed by atoms with Gasteiger partial charge in [-0.2, -0.15) is 0 Å². The van der Waals surface area contributed by atoms with Gasteiger partial charge in [0.1, 0.15) is 0 Å². The van der Waals surface area contributed by atoms with Crippen molar-refractivity contribution in [3.63, 3.8) is 0 Å². The van der Waals surface area contributed by atoms with Crippen LogP contribution in [0.25, 0.3) is 0 Å². The number of anilines is 1. The number of nitrogen functional groups attached to an aromatic ring is 1. The monoisotopic (exact) mass is 295 g/mol. The summed E-state index contributed by atoms with van der Waals surface area (Å²) in [5, 5.41) is 10.8. The van der Waals surface area contributed by atoms with Gasteiger partial charge in [-0.05, 0) is 18.4 Å². The number of rotatable bonds is 10. The number of nitrogens with two attached hydrogens (primary N) is 1. The fourth-order valence-electron chi connectivity index (χ4n) is 2.19. The fraction of sp³-hybridized carbons (Fsp3) is 0.600. The molecule has 0 radical (unpaired) electrons. The molecule has 0 aliphatic carbocycles. The van der Waals surface area contributed by atoms with Crippen molar-refractivity contribution < 1.29 is 9.66 Å². The standard InChI is InChI=1S/C15H25N3O3/c1-3-5-6-12(4-2)10-21-11-13-9-14(18(19)20)7-8-15(13)17-16/h7-9,12,17H,3-6,10-11,16H2,1-2H3. The molecule has 1 unspecified atom stereocenters. The molecule has 1 aromatic rings. The van der Waals surface area contributed by atoms with E-state index in [-0.39, 0.29) is 5.69 Å². The summed E-state index contributed by atoms with van der Waals surface area (Å²) in [5.74, 6) is 5.96. The van der Waals surface area contributed by atoms with Gasteiger partial charge < -0.3 is 10.2 Å². The van der Waals surface area contributed by atoms with Gasteiger partial charge in [0.15, 0.2) is 0 Å². The lowest BCUT2D eigenvalue weighted by atomic mass is 10.0. The zero-order chi connectivity index (χ0) is 15.7. The zero-order valence-corrected chi connectivity index (χ0v) is 12.8. The van der Waals surface area contributed by atoms with Gasteiger partial charge in [-0.25, -0.2) is 0 Å². The number of hydrogen-bond donors (Lipinski definition) is 2. The second kappa shape index (κ2) is 9.31. The second-order valence-corrected chi connectivity index (χ2v) is 5.17. The number of non-ortho nitro benzene ring substituents is 1. The van der Waals surface area contributed by atoms with Crippen molar-refractivity contribution in [2.24, 2.45) is 11.8 Å². The Morgan fingerprint density at radius 1 is 1.43 bits per heavy atom. The van der Waals surface area contributed by atoms with Crippen LogP contribution < -0.4 is 11.3 Å². The van der Waals surface area contributed by atoms with Crippen LogP contribution in [0, 0.1) is 16.0 Å². The quantitative estimate of drug-likeness (QED) is 0.391. The number of nitrogens with zero attached hydrogens (tertiary/aromatic N) is 1. The molecule has 0 amide bonds. The van der Waals surface area contributed by atoms with E-state index in [2.05, 4.69) is 19.3 Å². The van der Waals surface area contributed by atoms with Crippen molar-refractivity contribution in [1.82, 2.24) is 0 Å². The summed E-state index contributed by atoms with van der Waals surface area (Å²) in [6.45, 7) is 5.33. The van der Waals surface area contributed by atoms with E-state index >= 15 is 0 Å². The molecule has 118 valence electrons. The van der Waals surface area contributed by atoms with Crippen molar-refractivity contribution in [2.45, 2.75) is 46.1 Å². The highest BCUT2D eigenvalue weighted by molar-refractivity contribution is 5.55. The smallest absolute Gasteiger partial charge is 0.269 e. The summed E-state index contributed by atoms with van der Waals surface area (Å²) in [5.41, 5.74) is 3.95. The van der Waals surface area contributed by atoms with Gasteiger partial charge in [-0.1, -0.05) is 33.1 Å². The van der Waals surface area contributed by atoms with Gasteiger partial charge in [0.05, 0.1) is 17.2 Å². The Hall–Kier alpha value is -1.66. The van der Waals surface area contributed by atoms with Crippen LogP contribution in [0.5, 0.6) is 0 Å². The lowest BCUT2D eigenvalue weighted by Crippen LogP contribution is -2.12. The van der Waals surface area contributed by atoms with Gasteiger partial charge in [-0.15, -0.1) is 0 Å². The van der Waals surface area contributed by atoms with E-state index in [1.165, 1.54) is 25.0 Å². The normalized spacial score (nSPS) is 12.1. The third-order valence-corrected chi connectivity index (χ3v) is 3.61. The van der Waals surface area contributed by atoms with Crippen LogP contribution >= 0.6 is 0 Å². The molecule has 6 heteroatoms. The number of benzene rings is 1. The van der Waals surface area contributed by atoms with E-state index in [1.54, 1.807) is 6.07 Å². The molecule has 1 aromatic carbocycles. The number of nitro groups is 1. The van der Waals surface area contributed by atoms with Gasteiger partial charge in [0, 0.05) is 24.3 Å². The largest absolute Gasteiger partial charge is 0.376 e. The van der Waals surface area contributed by atoms with E-state index in [0.717, 1.165) is 12.8 Å². The molecule has 3 N–H and O–H groups in total. The minimum atomic E-state index is -0.417. The summed E-state index contributed by atoms with van der Waals surface area (Å²) in [7, 11) is 0. The number of nitrogens with one attached hydrogen (secondary N) is 1. The number of nitro benzene ring substituents is 1. The summed E-state index contributed by atoms with van der Waals surface area (Å²) >= 11 is 0. The molecule has 0 aromatic heterocycles. The summed E-state index contributed by atoms with van der Waals surface area (Å²) in [6.07, 6.45) is 4.62. The molecule has 1 atom stereocenters. The van der Waals surface area contributed by atoms with Crippen LogP contribution in [0.2, 0.25) is 0 Å². The Labute approximate surface area is 125 Å². The van der Waals surface area contributed by atoms with Gasteiger partial charge in [0.25, 0.3) is 5.69 Å². The number of hydrogen-bond acceptors (Lipinski definition) is 5. The topological polar surface area (TPSA) is 90.4 Å². The lowest BCUT2D eigenvalue weighted by molar-refractivity contribution is -0.384. The predicted molar refractivity (Wildman–Crippen MR) is 83.9 cm³/mol. The molecule has 0 bridgehead atoms. The first-order valence-electron chi connectivity index (χ1n) is 7.44. The Balaban J connectivity index is 2.60. The molecule has 1 rings (SSSR count). The highest BCUT2D eigenvalue weighted by atomic mass is 16.6. The van der Waals surface area contributed by atoms with Gasteiger partial charge in [-0.3, -0.25) is 16.0 Å². The van der Waals surface area contributed by atoms with E-state index in [9.17, 15) is 10.1 Å². The third-order valence-electron chi connectivity index (χ3n) is 3.61. The maximum Gasteiger partial charge on any atom is 0.269 e. The maximum absolute atomic E-state index is 10.8. The van der Waals surface area contributed by atoms with Gasteiger partial charge >= 0.3 is 0 Å². The predicted octanol–water partition coefficient (Wildman–Crippen LogP) is 3.61. The Kier molecular flexibility index (Phi) is 7.71. The third kappa shape index (κ3) is 5.69. The first kappa shape index (κ1) is 17.4. The van der Waals surface area contributed by atoms with Crippen molar-refractivity contribution in [1.29, 1.82) is 0 Å². The highest BCUT2D eigenvalue weighted by Crippen LogP contribution is 2.23. The Morgan fingerprint density at radius 3 is 2.76 bits per heavy atom. The van der Waals surface area contributed by atoms with Crippen LogP contribution in [0.4, 0.5) is 11.4 Å². The summed E-state index contributed by atoms with van der Waals surface area (Å²) in [4.78, 5) is 10.4. The Bertz CT molecular complexity index is 452. The van der Waals surface area contributed by atoms with E-state index in [4.69, 9.17) is 10.6 Å². The molecule has 0 saturated heterocycles. The molecular formula is C15H25N3O3. The molecule has 0 saturated carbocycles. The minimum Gasteiger partial charge on any atom is -0.376 e. The average molecular weight is 295 g/mol. The Morgan fingerprint density at radius 2 is 2.19 bits per heavy atom. The first-order chi connectivity index (χ1) is 10.1. The lowest BCUT2D eigenvalue weighted by Gasteiger charge is -2.15. The molecule has 6 nitrogen and oxygen atoms in total. The molecule has 0 fully saturated rings. The van der Waals surface area contributed by atoms with Gasteiger partial charge in [0.2, 0.25) is 0 Å². The van der Waals surface area contributed by atoms with E-state index < -0.39 is 4.92 Å². The molecule has 0 aliphatic heterocycles. The summed E-state index contributed by atoms with van der Waals surface area (Å²) < 4.78 is 5.73. The highest BCUT2D eigenvalue weighted by Gasteiger charge is 2.12. The van der Waals surface area contributed by atoms with E-state index in [1.807, 2.05) is 0 Å².